The molecule has 26 radical (unpaired) electrons. The van der Waals surface area contributed by atoms with Crippen molar-refractivity contribution < 1.29 is 0 Å². The van der Waals surface area contributed by atoms with Gasteiger partial charge < -0.3 is 4.57 Å². The molecule has 0 atom stereocenters. The topological polar surface area (TPSA) is 4.93 Å². The van der Waals surface area contributed by atoms with Crippen molar-refractivity contribution in [3.8, 4) is 16.8 Å². The average Bonchev–Trinajstić information content (AvgIpc) is 3.27. The van der Waals surface area contributed by atoms with E-state index >= 15 is 0 Å². The van der Waals surface area contributed by atoms with Crippen LogP contribution in [0.5, 0.6) is 0 Å². The minimum Gasteiger partial charge on any atom is -0.311 e. The van der Waals surface area contributed by atoms with Crippen molar-refractivity contribution in [2.24, 2.45) is 0 Å². The first kappa shape index (κ1) is 27.1. The summed E-state index contributed by atoms with van der Waals surface area (Å²) in [6.07, 6.45) is 0. The second kappa shape index (κ2) is 9.32. The molecule has 5 rings (SSSR count). The fourth-order valence-corrected chi connectivity index (χ4v) is 4.93. The van der Waals surface area contributed by atoms with E-state index in [0.29, 0.717) is 38.6 Å². The Kier molecular flexibility index (Phi) is 6.65. The number of fused-ring (bicyclic) bond motifs is 3. The van der Waals surface area contributed by atoms with Crippen molar-refractivity contribution in [3.05, 3.63) is 24.3 Å². The van der Waals surface area contributed by atoms with Gasteiger partial charge in [0, 0.05) is 16.7 Å². The highest BCUT2D eigenvalue weighted by molar-refractivity contribution is 6.72. The van der Waals surface area contributed by atoms with E-state index in [4.69, 9.17) is 102 Å². The standard InChI is InChI=1S/C24H4B13N/c25-10-7(11(26)15(30)18(33)14(10)29)5-2-1-3-6(4-5)38-23-8(12(27)16(31)19(34)21(23)36)9-13(28)17(32)20(35)22(37)24(9)38/h1-4H. The minimum atomic E-state index is 0.0980. The molecule has 14 heteroatoms. The van der Waals surface area contributed by atoms with Gasteiger partial charge in [0.25, 0.3) is 0 Å². The van der Waals surface area contributed by atoms with E-state index in [1.165, 1.54) is 0 Å². The SMILES string of the molecule is [B]c1c([B])c([B])c(-c2cccc(-n3c4c([B])c([B])c([B])c([B])c4c4c([B])c([B])c([B])c([B])c43)c2)c([B])c1[B]. The Morgan fingerprint density at radius 3 is 1.21 bits per heavy atom. The van der Waals surface area contributed by atoms with Crippen LogP contribution in [0.3, 0.4) is 0 Å². The zero-order valence-electron chi connectivity index (χ0n) is 20.3. The molecule has 0 saturated heterocycles. The summed E-state index contributed by atoms with van der Waals surface area (Å²) in [5, 5.41) is 0.844. The maximum atomic E-state index is 6.51. The molecule has 0 N–H and O–H groups in total. The molecule has 0 aliphatic heterocycles. The summed E-state index contributed by atoms with van der Waals surface area (Å²) < 4.78 is 1.73. The van der Waals surface area contributed by atoms with E-state index in [1.54, 1.807) is 28.8 Å². The van der Waals surface area contributed by atoms with Gasteiger partial charge in [0.15, 0.2) is 0 Å². The van der Waals surface area contributed by atoms with Crippen LogP contribution in [0, 0.1) is 0 Å². The third-order valence-corrected chi connectivity index (χ3v) is 7.05. The quantitative estimate of drug-likeness (QED) is 0.237. The fourth-order valence-electron chi connectivity index (χ4n) is 4.93. The molecule has 144 valence electrons. The van der Waals surface area contributed by atoms with Gasteiger partial charge in [-0.25, -0.2) is 0 Å². The number of nitrogens with zero attached hydrogens (tertiary/aromatic N) is 1. The summed E-state index contributed by atoms with van der Waals surface area (Å²) >= 11 is 0. The Morgan fingerprint density at radius 2 is 0.763 bits per heavy atom. The Morgan fingerprint density at radius 1 is 0.395 bits per heavy atom. The Hall–Kier alpha value is -2.48. The van der Waals surface area contributed by atoms with Crippen molar-refractivity contribution in [3.63, 3.8) is 0 Å². The minimum absolute atomic E-state index is 0.0980. The van der Waals surface area contributed by atoms with Crippen LogP contribution in [-0.4, -0.2) is 107 Å². The largest absolute Gasteiger partial charge is 0.311 e. The van der Waals surface area contributed by atoms with Gasteiger partial charge in [0.2, 0.25) is 0 Å². The van der Waals surface area contributed by atoms with Gasteiger partial charge >= 0.3 is 0 Å². The van der Waals surface area contributed by atoms with Gasteiger partial charge in [-0.05, 0) is 34.0 Å². The number of benzene rings is 4. The predicted molar refractivity (Wildman–Crippen MR) is 176 cm³/mol. The predicted octanol–water partition coefficient (Wildman–Crippen LogP) is -9.23. The highest BCUT2D eigenvalue weighted by Gasteiger charge is 2.23. The van der Waals surface area contributed by atoms with Crippen molar-refractivity contribution in [1.82, 2.24) is 4.57 Å². The second-order valence-electron chi connectivity index (χ2n) is 9.09. The van der Waals surface area contributed by atoms with E-state index in [0.717, 1.165) is 0 Å². The molecule has 0 aliphatic carbocycles. The molecule has 38 heavy (non-hydrogen) atoms. The van der Waals surface area contributed by atoms with Crippen molar-refractivity contribution in [1.29, 1.82) is 0 Å². The Labute approximate surface area is 239 Å². The molecule has 5 aromatic rings. The van der Waals surface area contributed by atoms with Gasteiger partial charge in [0.05, 0.1) is 0 Å². The highest BCUT2D eigenvalue weighted by atomic mass is 15.0. The first-order chi connectivity index (χ1) is 17.8. The van der Waals surface area contributed by atoms with Crippen LogP contribution in [0.15, 0.2) is 24.3 Å². The summed E-state index contributed by atoms with van der Waals surface area (Å²) in [4.78, 5) is 0. The molecular weight excluding hydrogens is 443 g/mol. The van der Waals surface area contributed by atoms with Crippen LogP contribution in [0.25, 0.3) is 38.6 Å². The van der Waals surface area contributed by atoms with E-state index in [2.05, 4.69) is 0 Å². The van der Waals surface area contributed by atoms with Crippen molar-refractivity contribution in [2.75, 3.05) is 0 Å². The smallest absolute Gasteiger partial charge is 0.115 e. The summed E-state index contributed by atoms with van der Waals surface area (Å²) in [5.74, 6) is 0. The van der Waals surface area contributed by atoms with Crippen molar-refractivity contribution >= 4 is 195 Å². The molecular formula is C24H4B13N. The molecule has 0 saturated carbocycles. The van der Waals surface area contributed by atoms with Crippen LogP contribution in [0.2, 0.25) is 0 Å². The van der Waals surface area contributed by atoms with E-state index in [-0.39, 0.29) is 71.0 Å². The third-order valence-electron chi connectivity index (χ3n) is 7.05. The van der Waals surface area contributed by atoms with Gasteiger partial charge in [-0.2, -0.15) is 0 Å². The molecule has 0 unspecified atom stereocenters. The Bertz CT molecular complexity index is 1750. The molecule has 1 aromatic heterocycles. The van der Waals surface area contributed by atoms with E-state index < -0.39 is 0 Å². The zero-order chi connectivity index (χ0) is 28.0. The molecule has 0 fully saturated rings. The van der Waals surface area contributed by atoms with Crippen LogP contribution >= 0.6 is 0 Å². The fraction of sp³-hybridized carbons (Fsp3) is 0. The maximum Gasteiger partial charge on any atom is 0.115 e. The van der Waals surface area contributed by atoms with Crippen LogP contribution in [-0.2, 0) is 0 Å². The van der Waals surface area contributed by atoms with Crippen LogP contribution in [0.4, 0.5) is 0 Å². The van der Waals surface area contributed by atoms with Gasteiger partial charge in [-0.1, -0.05) is 44.9 Å². The molecule has 0 amide bonds. The summed E-state index contributed by atoms with van der Waals surface area (Å²) in [6, 6.07) is 7.12. The molecule has 1 heterocycles. The van der Waals surface area contributed by atoms with Gasteiger partial charge in [0.1, 0.15) is 102 Å². The first-order valence-corrected chi connectivity index (χ1v) is 11.2. The van der Waals surface area contributed by atoms with Crippen LogP contribution < -0.4 is 71.0 Å². The molecule has 4 aromatic carbocycles. The lowest BCUT2D eigenvalue weighted by molar-refractivity contribution is 1.19. The van der Waals surface area contributed by atoms with Gasteiger partial charge in [-0.15, -0.1) is 38.2 Å². The van der Waals surface area contributed by atoms with Crippen LogP contribution in [0.1, 0.15) is 0 Å². The van der Waals surface area contributed by atoms with Crippen molar-refractivity contribution in [2.45, 2.75) is 0 Å². The molecule has 0 spiro atoms. The lowest BCUT2D eigenvalue weighted by atomic mass is 9.59. The first-order valence-electron chi connectivity index (χ1n) is 11.2. The molecule has 1 nitrogen and oxygen atoms in total. The normalized spacial score (nSPS) is 11.5. The summed E-state index contributed by atoms with van der Waals surface area (Å²) in [7, 11) is 81.6. The van der Waals surface area contributed by atoms with Gasteiger partial charge in [-0.3, -0.25) is 0 Å². The summed E-state index contributed by atoms with van der Waals surface area (Å²) in [5.41, 5.74) is 4.09. The maximum absolute atomic E-state index is 6.51. The zero-order valence-corrected chi connectivity index (χ0v) is 20.3. The summed E-state index contributed by atoms with van der Waals surface area (Å²) in [6.45, 7) is 0. The number of aromatic nitrogens is 1. The molecule has 0 aliphatic rings. The monoisotopic (exact) mass is 449 g/mol. The van der Waals surface area contributed by atoms with E-state index in [9.17, 15) is 0 Å². The van der Waals surface area contributed by atoms with E-state index in [1.807, 2.05) is 0 Å². The third kappa shape index (κ3) is 3.58. The number of rotatable bonds is 2. The lowest BCUT2D eigenvalue weighted by Crippen LogP contribution is -2.55. The number of hydrogen-bond donors (Lipinski definition) is 0. The number of hydrogen-bond acceptors (Lipinski definition) is 0. The molecule has 0 bridgehead atoms. The highest BCUT2D eigenvalue weighted by Crippen LogP contribution is 2.28. The second-order valence-corrected chi connectivity index (χ2v) is 9.09. The average molecular weight is 447 g/mol. The Balaban J connectivity index is 2.00. The lowest BCUT2D eigenvalue weighted by Gasteiger charge is -2.22.